The van der Waals surface area contributed by atoms with Crippen molar-refractivity contribution in [2.45, 2.75) is 31.4 Å². The van der Waals surface area contributed by atoms with Gasteiger partial charge in [0.25, 0.3) is 5.91 Å². The number of thioether (sulfide) groups is 1. The van der Waals surface area contributed by atoms with Gasteiger partial charge < -0.3 is 20.4 Å². The van der Waals surface area contributed by atoms with E-state index in [1.807, 2.05) is 54.6 Å². The van der Waals surface area contributed by atoms with Crippen molar-refractivity contribution in [2.24, 2.45) is 17.3 Å². The number of nitrogen functional groups attached to an aromatic ring is 1. The minimum Gasteiger partial charge on any atom is -0.465 e. The van der Waals surface area contributed by atoms with Gasteiger partial charge in [-0.25, -0.2) is 0 Å². The molecule has 0 saturated heterocycles. The first-order chi connectivity index (χ1) is 17.5. The van der Waals surface area contributed by atoms with Crippen LogP contribution >= 0.6 is 11.8 Å². The van der Waals surface area contributed by atoms with Crippen LogP contribution in [0.2, 0.25) is 0 Å². The lowest BCUT2D eigenvalue weighted by Crippen LogP contribution is -2.26. The molecule has 36 heavy (non-hydrogen) atoms. The Morgan fingerprint density at radius 1 is 1.00 bits per heavy atom. The molecule has 8 nitrogen and oxygen atoms in total. The molecule has 0 atom stereocenters. The number of benzene rings is 2. The lowest BCUT2D eigenvalue weighted by atomic mass is 10.2. The zero-order valence-corrected chi connectivity index (χ0v) is 21.4. The van der Waals surface area contributed by atoms with Crippen LogP contribution in [0, 0.1) is 0 Å². The van der Waals surface area contributed by atoms with Gasteiger partial charge in [-0.1, -0.05) is 36.8 Å². The van der Waals surface area contributed by atoms with E-state index in [1.54, 1.807) is 35.6 Å². The molecule has 3 rings (SSSR count). The predicted octanol–water partition coefficient (Wildman–Crippen LogP) is 5.79. The molecule has 3 N–H and O–H groups in total. The number of nitrogens with one attached hydrogen (secondary N) is 1. The van der Waals surface area contributed by atoms with Crippen LogP contribution in [0.4, 0.5) is 17.1 Å². The normalized spacial score (nSPS) is 11.0. The summed E-state index contributed by atoms with van der Waals surface area (Å²) >= 11 is 1.72. The monoisotopic (exact) mass is 507 g/mol. The molecule has 0 aliphatic carbocycles. The number of azo groups is 1. The van der Waals surface area contributed by atoms with Gasteiger partial charge >= 0.3 is 5.97 Å². The van der Waals surface area contributed by atoms with Crippen molar-refractivity contribution in [1.82, 2.24) is 9.88 Å². The topological polar surface area (TPSA) is 111 Å². The number of esters is 1. The summed E-state index contributed by atoms with van der Waals surface area (Å²) in [5.74, 6) is 1.27. The van der Waals surface area contributed by atoms with E-state index in [1.165, 1.54) is 5.56 Å². The maximum absolute atomic E-state index is 12.1. The lowest BCUT2D eigenvalue weighted by Gasteiger charge is -2.07. The first kappa shape index (κ1) is 27.0. The molecule has 1 aromatic heterocycles. The van der Waals surface area contributed by atoms with Crippen molar-refractivity contribution in [2.75, 3.05) is 24.6 Å². The highest BCUT2D eigenvalue weighted by Crippen LogP contribution is 2.20. The molecule has 3 aromatic rings. The maximum atomic E-state index is 12.1. The summed E-state index contributed by atoms with van der Waals surface area (Å²) in [5, 5.41) is 11.3. The molecular weight excluding hydrogens is 474 g/mol. The van der Waals surface area contributed by atoms with Crippen molar-refractivity contribution in [1.29, 1.82) is 0 Å². The van der Waals surface area contributed by atoms with E-state index in [4.69, 9.17) is 10.5 Å². The highest BCUT2D eigenvalue weighted by atomic mass is 32.2. The van der Waals surface area contributed by atoms with E-state index < -0.39 is 0 Å². The maximum Gasteiger partial charge on any atom is 0.305 e. The van der Waals surface area contributed by atoms with Gasteiger partial charge in [0.05, 0.1) is 17.1 Å². The highest BCUT2D eigenvalue weighted by molar-refractivity contribution is 7.98. The Morgan fingerprint density at radius 3 is 2.42 bits per heavy atom. The molecular formula is C27H33N5O3S. The Bertz CT molecular complexity index is 1130. The SMILES string of the molecule is Cn1cc(N)cc1C(=O)NCCCCCC(=O)OCCSCc1ccc(N=Nc2ccccc2)cc1. The van der Waals surface area contributed by atoms with Crippen molar-refractivity contribution in [3.8, 4) is 0 Å². The molecule has 0 aliphatic heterocycles. The van der Waals surface area contributed by atoms with Crippen LogP contribution < -0.4 is 11.1 Å². The fourth-order valence-corrected chi connectivity index (χ4v) is 4.20. The smallest absolute Gasteiger partial charge is 0.305 e. The van der Waals surface area contributed by atoms with Gasteiger partial charge in [0.15, 0.2) is 0 Å². The summed E-state index contributed by atoms with van der Waals surface area (Å²) in [6.45, 7) is 0.967. The number of nitrogens with zero attached hydrogens (tertiary/aromatic N) is 3. The Morgan fingerprint density at radius 2 is 1.72 bits per heavy atom. The van der Waals surface area contributed by atoms with Gasteiger partial charge in [0, 0.05) is 37.7 Å². The number of nitrogens with two attached hydrogens (primary N) is 1. The molecule has 0 radical (unpaired) electrons. The Kier molecular flexibility index (Phi) is 11.0. The van der Waals surface area contributed by atoms with Gasteiger partial charge in [0.1, 0.15) is 12.3 Å². The summed E-state index contributed by atoms with van der Waals surface area (Å²) < 4.78 is 7.02. The number of unbranched alkanes of at least 4 members (excludes halogenated alkanes) is 2. The van der Waals surface area contributed by atoms with E-state index >= 15 is 0 Å². The molecule has 0 fully saturated rings. The molecule has 0 spiro atoms. The molecule has 0 bridgehead atoms. The fraction of sp³-hybridized carbons (Fsp3) is 0.333. The molecule has 2 aromatic carbocycles. The van der Waals surface area contributed by atoms with Gasteiger partial charge in [-0.05, 0) is 48.7 Å². The van der Waals surface area contributed by atoms with Gasteiger partial charge in [-0.2, -0.15) is 22.0 Å². The average molecular weight is 508 g/mol. The summed E-state index contributed by atoms with van der Waals surface area (Å²) in [6.07, 6.45) is 4.50. The number of amides is 1. The van der Waals surface area contributed by atoms with Crippen LogP contribution in [0.5, 0.6) is 0 Å². The van der Waals surface area contributed by atoms with Crippen LogP contribution in [0.1, 0.15) is 41.7 Å². The second kappa shape index (κ2) is 14.7. The van der Waals surface area contributed by atoms with Crippen LogP contribution in [-0.4, -0.2) is 35.3 Å². The third-order valence-corrected chi connectivity index (χ3v) is 6.33. The molecule has 1 amide bonds. The lowest BCUT2D eigenvalue weighted by molar-refractivity contribution is -0.143. The van der Waals surface area contributed by atoms with Crippen LogP contribution in [0.25, 0.3) is 0 Å². The third-order valence-electron chi connectivity index (χ3n) is 5.33. The van der Waals surface area contributed by atoms with Gasteiger partial charge in [0.2, 0.25) is 0 Å². The summed E-state index contributed by atoms with van der Waals surface area (Å²) in [4.78, 5) is 24.0. The van der Waals surface area contributed by atoms with E-state index in [-0.39, 0.29) is 11.9 Å². The molecule has 0 saturated carbocycles. The van der Waals surface area contributed by atoms with E-state index in [0.717, 1.165) is 42.1 Å². The minimum atomic E-state index is -0.174. The fourth-order valence-electron chi connectivity index (χ4n) is 3.43. The van der Waals surface area contributed by atoms with Crippen LogP contribution in [0.15, 0.2) is 77.1 Å². The number of hydrogen-bond acceptors (Lipinski definition) is 7. The van der Waals surface area contributed by atoms with E-state index in [0.29, 0.717) is 31.0 Å². The second-order valence-corrected chi connectivity index (χ2v) is 9.42. The third kappa shape index (κ3) is 9.58. The predicted molar refractivity (Wildman–Crippen MR) is 145 cm³/mol. The quantitative estimate of drug-likeness (QED) is 0.163. The number of aromatic nitrogens is 1. The van der Waals surface area contributed by atoms with E-state index in [2.05, 4.69) is 15.5 Å². The van der Waals surface area contributed by atoms with E-state index in [9.17, 15) is 9.59 Å². The molecule has 190 valence electrons. The number of rotatable bonds is 14. The first-order valence-electron chi connectivity index (χ1n) is 12.0. The first-order valence-corrected chi connectivity index (χ1v) is 13.2. The number of anilines is 1. The zero-order valence-electron chi connectivity index (χ0n) is 20.6. The van der Waals surface area contributed by atoms with Gasteiger partial charge in [-0.3, -0.25) is 9.59 Å². The average Bonchev–Trinajstić information content (AvgIpc) is 3.23. The van der Waals surface area contributed by atoms with Crippen molar-refractivity contribution < 1.29 is 14.3 Å². The van der Waals surface area contributed by atoms with Crippen LogP contribution in [-0.2, 0) is 22.3 Å². The zero-order chi connectivity index (χ0) is 25.6. The molecule has 0 aliphatic rings. The van der Waals surface area contributed by atoms with Crippen molar-refractivity contribution in [3.05, 3.63) is 78.1 Å². The summed E-state index contributed by atoms with van der Waals surface area (Å²) in [6, 6.07) is 19.3. The standard InChI is InChI=1S/C27H33N5O3S/c1-32-19-22(28)18-25(32)27(34)29-15-7-3-6-10-26(33)35-16-17-36-20-21-11-13-24(14-12-21)31-30-23-8-4-2-5-9-23/h2,4-5,8-9,11-14,18-19H,3,6-7,10,15-17,20,28H2,1H3,(H,29,34). The van der Waals surface area contributed by atoms with Crippen molar-refractivity contribution in [3.63, 3.8) is 0 Å². The van der Waals surface area contributed by atoms with Crippen molar-refractivity contribution >= 4 is 40.7 Å². The molecule has 0 unspecified atom stereocenters. The van der Waals surface area contributed by atoms with Crippen LogP contribution in [0.3, 0.4) is 0 Å². The number of aryl methyl sites for hydroxylation is 1. The Balaban J connectivity index is 1.19. The molecule has 9 heteroatoms. The highest BCUT2D eigenvalue weighted by Gasteiger charge is 2.10. The second-order valence-electron chi connectivity index (χ2n) is 8.31. The Hall–Kier alpha value is -3.59. The Labute approximate surface area is 216 Å². The molecule has 1 heterocycles. The summed E-state index contributed by atoms with van der Waals surface area (Å²) in [5.41, 5.74) is 9.62. The largest absolute Gasteiger partial charge is 0.465 e. The number of hydrogen-bond donors (Lipinski definition) is 2. The summed E-state index contributed by atoms with van der Waals surface area (Å²) in [7, 11) is 1.79. The number of carbonyl (C=O) groups is 2. The number of ether oxygens (including phenoxy) is 1. The minimum absolute atomic E-state index is 0.143. The number of carbonyl (C=O) groups excluding carboxylic acids is 2. The van der Waals surface area contributed by atoms with Gasteiger partial charge in [-0.15, -0.1) is 0 Å².